The SMILES string of the molecule is O=C1CC(C(=O)Nc2ccc(F)cc2F)CCN1. The van der Waals surface area contributed by atoms with Crippen molar-refractivity contribution in [1.82, 2.24) is 5.32 Å². The summed E-state index contributed by atoms with van der Waals surface area (Å²) in [6.07, 6.45) is 0.606. The van der Waals surface area contributed by atoms with Crippen molar-refractivity contribution in [3.05, 3.63) is 29.8 Å². The summed E-state index contributed by atoms with van der Waals surface area (Å²) in [5, 5.41) is 4.97. The van der Waals surface area contributed by atoms with Crippen LogP contribution in [0.3, 0.4) is 0 Å². The van der Waals surface area contributed by atoms with Crippen molar-refractivity contribution in [3.8, 4) is 0 Å². The first kappa shape index (κ1) is 12.5. The van der Waals surface area contributed by atoms with Crippen LogP contribution in [0.4, 0.5) is 14.5 Å². The first-order valence-electron chi connectivity index (χ1n) is 5.59. The molecule has 1 unspecified atom stereocenters. The van der Waals surface area contributed by atoms with E-state index >= 15 is 0 Å². The average Bonchev–Trinajstić information content (AvgIpc) is 2.32. The first-order valence-corrected chi connectivity index (χ1v) is 5.59. The first-order chi connectivity index (χ1) is 8.56. The molecular weight excluding hydrogens is 242 g/mol. The fraction of sp³-hybridized carbons (Fsp3) is 0.333. The summed E-state index contributed by atoms with van der Waals surface area (Å²) in [6, 6.07) is 2.92. The molecule has 4 nitrogen and oxygen atoms in total. The molecule has 0 spiro atoms. The minimum atomic E-state index is -0.830. The summed E-state index contributed by atoms with van der Waals surface area (Å²) >= 11 is 0. The highest BCUT2D eigenvalue weighted by atomic mass is 19.1. The lowest BCUT2D eigenvalue weighted by Crippen LogP contribution is -2.38. The van der Waals surface area contributed by atoms with E-state index in [2.05, 4.69) is 10.6 Å². The molecule has 0 aliphatic carbocycles. The maximum absolute atomic E-state index is 13.3. The summed E-state index contributed by atoms with van der Waals surface area (Å²) in [5.41, 5.74) is -0.0765. The molecule has 1 heterocycles. The van der Waals surface area contributed by atoms with E-state index < -0.39 is 23.5 Å². The van der Waals surface area contributed by atoms with E-state index in [9.17, 15) is 18.4 Å². The normalized spacial score (nSPS) is 19.2. The molecule has 0 saturated carbocycles. The average molecular weight is 254 g/mol. The third-order valence-corrected chi connectivity index (χ3v) is 2.81. The number of carbonyl (C=O) groups excluding carboxylic acids is 2. The second kappa shape index (κ2) is 5.12. The second-order valence-corrected chi connectivity index (χ2v) is 4.15. The van der Waals surface area contributed by atoms with Gasteiger partial charge >= 0.3 is 0 Å². The van der Waals surface area contributed by atoms with Crippen LogP contribution in [-0.4, -0.2) is 18.4 Å². The molecule has 18 heavy (non-hydrogen) atoms. The predicted molar refractivity (Wildman–Crippen MR) is 60.7 cm³/mol. The molecule has 1 saturated heterocycles. The Labute approximate surface area is 102 Å². The Bertz CT molecular complexity index is 491. The van der Waals surface area contributed by atoms with Crippen LogP contribution < -0.4 is 10.6 Å². The molecule has 2 amide bonds. The highest BCUT2D eigenvalue weighted by molar-refractivity contribution is 5.95. The molecule has 0 bridgehead atoms. The number of hydrogen-bond acceptors (Lipinski definition) is 2. The van der Waals surface area contributed by atoms with Crippen LogP contribution in [0.25, 0.3) is 0 Å². The summed E-state index contributed by atoms with van der Waals surface area (Å²) in [4.78, 5) is 22.9. The van der Waals surface area contributed by atoms with Crippen LogP contribution in [0.2, 0.25) is 0 Å². The van der Waals surface area contributed by atoms with E-state index in [-0.39, 0.29) is 18.0 Å². The van der Waals surface area contributed by atoms with E-state index in [1.54, 1.807) is 0 Å². The van der Waals surface area contributed by atoms with Gasteiger partial charge in [0.25, 0.3) is 0 Å². The number of carbonyl (C=O) groups is 2. The van der Waals surface area contributed by atoms with Crippen molar-refractivity contribution in [1.29, 1.82) is 0 Å². The summed E-state index contributed by atoms with van der Waals surface area (Å²) in [7, 11) is 0. The molecule has 1 fully saturated rings. The van der Waals surface area contributed by atoms with Crippen LogP contribution in [0.5, 0.6) is 0 Å². The second-order valence-electron chi connectivity index (χ2n) is 4.15. The van der Waals surface area contributed by atoms with Gasteiger partial charge in [0, 0.05) is 24.9 Å². The topological polar surface area (TPSA) is 58.2 Å². The fourth-order valence-corrected chi connectivity index (χ4v) is 1.83. The Hall–Kier alpha value is -1.98. The van der Waals surface area contributed by atoms with Gasteiger partial charge in [-0.15, -0.1) is 0 Å². The highest BCUT2D eigenvalue weighted by Crippen LogP contribution is 2.19. The zero-order valence-corrected chi connectivity index (χ0v) is 9.50. The molecule has 1 aromatic rings. The van der Waals surface area contributed by atoms with Crippen LogP contribution in [0.1, 0.15) is 12.8 Å². The summed E-state index contributed by atoms with van der Waals surface area (Å²) < 4.78 is 26.0. The smallest absolute Gasteiger partial charge is 0.228 e. The Kier molecular flexibility index (Phi) is 3.55. The van der Waals surface area contributed by atoms with Crippen molar-refractivity contribution in [2.45, 2.75) is 12.8 Å². The number of hydrogen-bond donors (Lipinski definition) is 2. The molecule has 1 aromatic carbocycles. The van der Waals surface area contributed by atoms with Crippen molar-refractivity contribution < 1.29 is 18.4 Å². The molecule has 6 heteroatoms. The zero-order chi connectivity index (χ0) is 13.1. The van der Waals surface area contributed by atoms with Gasteiger partial charge in [-0.2, -0.15) is 0 Å². The fourth-order valence-electron chi connectivity index (χ4n) is 1.83. The predicted octanol–water partition coefficient (Wildman–Crippen LogP) is 1.43. The van der Waals surface area contributed by atoms with Gasteiger partial charge in [-0.1, -0.05) is 0 Å². The summed E-state index contributed by atoms with van der Waals surface area (Å²) in [5.74, 6) is -2.62. The van der Waals surface area contributed by atoms with Crippen LogP contribution in [-0.2, 0) is 9.59 Å². The molecule has 2 N–H and O–H groups in total. The van der Waals surface area contributed by atoms with Gasteiger partial charge in [-0.05, 0) is 18.6 Å². The zero-order valence-electron chi connectivity index (χ0n) is 9.50. The molecule has 0 radical (unpaired) electrons. The maximum atomic E-state index is 13.3. The van der Waals surface area contributed by atoms with Crippen LogP contribution >= 0.6 is 0 Å². The minimum Gasteiger partial charge on any atom is -0.356 e. The van der Waals surface area contributed by atoms with E-state index in [1.807, 2.05) is 0 Å². The largest absolute Gasteiger partial charge is 0.356 e. The standard InChI is InChI=1S/C12H12F2N2O2/c13-8-1-2-10(9(14)6-8)16-12(18)7-3-4-15-11(17)5-7/h1-2,6-7H,3-5H2,(H,15,17)(H,16,18). The van der Waals surface area contributed by atoms with Gasteiger partial charge < -0.3 is 10.6 Å². The van der Waals surface area contributed by atoms with E-state index in [1.165, 1.54) is 0 Å². The summed E-state index contributed by atoms with van der Waals surface area (Å²) in [6.45, 7) is 0.433. The third kappa shape index (κ3) is 2.82. The van der Waals surface area contributed by atoms with Crippen LogP contribution in [0, 0.1) is 17.6 Å². The number of rotatable bonds is 2. The number of benzene rings is 1. The number of nitrogens with one attached hydrogen (secondary N) is 2. The van der Waals surface area contributed by atoms with Crippen molar-refractivity contribution in [3.63, 3.8) is 0 Å². The molecule has 1 atom stereocenters. The van der Waals surface area contributed by atoms with Gasteiger partial charge in [0.1, 0.15) is 11.6 Å². The molecule has 1 aliphatic rings. The lowest BCUT2D eigenvalue weighted by molar-refractivity contribution is -0.129. The van der Waals surface area contributed by atoms with Crippen LogP contribution in [0.15, 0.2) is 18.2 Å². The van der Waals surface area contributed by atoms with Gasteiger partial charge in [0.05, 0.1) is 5.69 Å². The van der Waals surface area contributed by atoms with Crippen molar-refractivity contribution >= 4 is 17.5 Å². The Balaban J connectivity index is 2.04. The lowest BCUT2D eigenvalue weighted by Gasteiger charge is -2.21. The quantitative estimate of drug-likeness (QED) is 0.838. The van der Waals surface area contributed by atoms with E-state index in [0.29, 0.717) is 19.0 Å². The third-order valence-electron chi connectivity index (χ3n) is 2.81. The molecule has 2 rings (SSSR count). The van der Waals surface area contributed by atoms with Gasteiger partial charge in [-0.25, -0.2) is 8.78 Å². The lowest BCUT2D eigenvalue weighted by atomic mass is 9.96. The maximum Gasteiger partial charge on any atom is 0.228 e. The number of amides is 2. The van der Waals surface area contributed by atoms with Gasteiger partial charge in [-0.3, -0.25) is 9.59 Å². The Morgan fingerprint density at radius 2 is 2.17 bits per heavy atom. The molecule has 96 valence electrons. The minimum absolute atomic E-state index is 0.0765. The number of piperidine rings is 1. The van der Waals surface area contributed by atoms with Gasteiger partial charge in [0.15, 0.2) is 0 Å². The monoisotopic (exact) mass is 254 g/mol. The van der Waals surface area contributed by atoms with Crippen molar-refractivity contribution in [2.75, 3.05) is 11.9 Å². The van der Waals surface area contributed by atoms with E-state index in [0.717, 1.165) is 12.1 Å². The highest BCUT2D eigenvalue weighted by Gasteiger charge is 2.25. The number of anilines is 1. The molecule has 1 aliphatic heterocycles. The van der Waals surface area contributed by atoms with Crippen molar-refractivity contribution in [2.24, 2.45) is 5.92 Å². The number of halogens is 2. The van der Waals surface area contributed by atoms with E-state index in [4.69, 9.17) is 0 Å². The molecular formula is C12H12F2N2O2. The Morgan fingerprint density at radius 3 is 2.83 bits per heavy atom. The Morgan fingerprint density at radius 1 is 1.39 bits per heavy atom. The molecule has 0 aromatic heterocycles. The van der Waals surface area contributed by atoms with Gasteiger partial charge in [0.2, 0.25) is 11.8 Å².